The lowest BCUT2D eigenvalue weighted by atomic mass is 9.85. The van der Waals surface area contributed by atoms with Crippen LogP contribution >= 0.6 is 0 Å². The molecule has 0 amide bonds. The Hall–Kier alpha value is -4.01. The molecule has 0 saturated carbocycles. The van der Waals surface area contributed by atoms with Gasteiger partial charge in [0.15, 0.2) is 11.6 Å². The Morgan fingerprint density at radius 3 is 1.96 bits per heavy atom. The number of hydrogen-bond acceptors (Lipinski definition) is 5. The minimum Gasteiger partial charge on any atom is -0.294 e. The molecule has 0 unspecified atom stereocenters. The number of carbonyl (C=O) groups excluding carboxylic acids is 2. The van der Waals surface area contributed by atoms with Gasteiger partial charge in [-0.2, -0.15) is 15.8 Å². The molecule has 0 spiro atoms. The van der Waals surface area contributed by atoms with Crippen LogP contribution in [-0.4, -0.2) is 11.6 Å². The highest BCUT2D eigenvalue weighted by Crippen LogP contribution is 2.37. The second-order valence-electron chi connectivity index (χ2n) is 5.84. The lowest BCUT2D eigenvalue weighted by Gasteiger charge is -2.15. The number of ketones is 2. The molecule has 0 aliphatic carbocycles. The van der Waals surface area contributed by atoms with E-state index < -0.39 is 5.78 Å². The van der Waals surface area contributed by atoms with Crippen LogP contribution in [0.3, 0.4) is 0 Å². The zero-order valence-electron chi connectivity index (χ0n) is 14.0. The number of benzene rings is 3. The van der Waals surface area contributed by atoms with Crippen LogP contribution in [0, 0.1) is 34.0 Å². The van der Waals surface area contributed by atoms with Crippen LogP contribution in [0.25, 0.3) is 21.5 Å². The Bertz CT molecular complexity index is 1270. The van der Waals surface area contributed by atoms with Crippen LogP contribution in [0.5, 0.6) is 0 Å². The first-order valence-corrected chi connectivity index (χ1v) is 7.73. The third kappa shape index (κ3) is 2.22. The lowest BCUT2D eigenvalue weighted by Crippen LogP contribution is -2.06. The van der Waals surface area contributed by atoms with E-state index in [0.29, 0.717) is 27.1 Å². The summed E-state index contributed by atoms with van der Waals surface area (Å²) >= 11 is 0. The molecule has 3 aromatic carbocycles. The summed E-state index contributed by atoms with van der Waals surface area (Å²) in [6.45, 7) is 2.72. The standard InChI is InChI=1S/C21H11N3O2/c1-11(25)14-5-3-4-13-6-7-15-16(8-22)17(9-23)18(10-24)19(12(2)26)21(15)20(13)14/h3-7H,1-2H3. The molecule has 0 aromatic heterocycles. The first-order valence-electron chi connectivity index (χ1n) is 7.73. The Morgan fingerprint density at radius 1 is 0.769 bits per heavy atom. The molecular formula is C21H11N3O2. The van der Waals surface area contributed by atoms with Gasteiger partial charge in [0.05, 0.1) is 16.7 Å². The van der Waals surface area contributed by atoms with E-state index in [1.807, 2.05) is 18.2 Å². The Balaban J connectivity index is 2.84. The highest BCUT2D eigenvalue weighted by atomic mass is 16.1. The largest absolute Gasteiger partial charge is 0.294 e. The second-order valence-corrected chi connectivity index (χ2v) is 5.84. The van der Waals surface area contributed by atoms with Gasteiger partial charge in [-0.15, -0.1) is 0 Å². The number of Topliss-reactive ketones (excluding diaryl/α,β-unsaturated/α-hetero) is 2. The van der Waals surface area contributed by atoms with E-state index in [1.54, 1.807) is 30.3 Å². The molecule has 0 aliphatic rings. The van der Waals surface area contributed by atoms with Crippen LogP contribution in [0.2, 0.25) is 0 Å². The van der Waals surface area contributed by atoms with E-state index in [0.717, 1.165) is 0 Å². The van der Waals surface area contributed by atoms with Crippen molar-refractivity contribution in [1.29, 1.82) is 15.8 Å². The van der Waals surface area contributed by atoms with Crippen molar-refractivity contribution in [3.05, 3.63) is 58.1 Å². The maximum Gasteiger partial charge on any atom is 0.161 e. The van der Waals surface area contributed by atoms with Gasteiger partial charge < -0.3 is 0 Å². The molecule has 5 nitrogen and oxygen atoms in total. The monoisotopic (exact) mass is 337 g/mol. The maximum absolute atomic E-state index is 12.4. The molecule has 3 rings (SSSR count). The van der Waals surface area contributed by atoms with Crippen LogP contribution in [0.15, 0.2) is 30.3 Å². The van der Waals surface area contributed by atoms with Crippen molar-refractivity contribution in [2.75, 3.05) is 0 Å². The van der Waals surface area contributed by atoms with E-state index in [-0.39, 0.29) is 28.0 Å². The first-order chi connectivity index (χ1) is 12.5. The summed E-state index contributed by atoms with van der Waals surface area (Å²) in [5, 5.41) is 30.6. The van der Waals surface area contributed by atoms with E-state index in [1.165, 1.54) is 13.8 Å². The summed E-state index contributed by atoms with van der Waals surface area (Å²) in [5.74, 6) is -0.600. The third-order valence-corrected chi connectivity index (χ3v) is 4.38. The predicted octanol–water partition coefficient (Wildman–Crippen LogP) is 4.01. The maximum atomic E-state index is 12.4. The highest BCUT2D eigenvalue weighted by Gasteiger charge is 2.24. The fraction of sp³-hybridized carbons (Fsp3) is 0.0952. The van der Waals surface area contributed by atoms with Gasteiger partial charge in [0.2, 0.25) is 0 Å². The predicted molar refractivity (Wildman–Crippen MR) is 95.6 cm³/mol. The molecule has 26 heavy (non-hydrogen) atoms. The van der Waals surface area contributed by atoms with Crippen molar-refractivity contribution in [1.82, 2.24) is 0 Å². The van der Waals surface area contributed by atoms with E-state index >= 15 is 0 Å². The Labute approximate surface area is 149 Å². The number of rotatable bonds is 2. The van der Waals surface area contributed by atoms with Gasteiger partial charge >= 0.3 is 0 Å². The lowest BCUT2D eigenvalue weighted by molar-refractivity contribution is 0.100. The zero-order valence-corrected chi connectivity index (χ0v) is 14.0. The van der Waals surface area contributed by atoms with Crippen LogP contribution in [0.4, 0.5) is 0 Å². The molecular weight excluding hydrogens is 326 g/mol. The van der Waals surface area contributed by atoms with Crippen LogP contribution < -0.4 is 0 Å². The molecule has 5 heteroatoms. The van der Waals surface area contributed by atoms with Crippen molar-refractivity contribution in [2.24, 2.45) is 0 Å². The van der Waals surface area contributed by atoms with Crippen molar-refractivity contribution in [2.45, 2.75) is 13.8 Å². The topological polar surface area (TPSA) is 106 Å². The fourth-order valence-electron chi connectivity index (χ4n) is 3.34. The van der Waals surface area contributed by atoms with E-state index in [9.17, 15) is 25.4 Å². The molecule has 3 aromatic rings. The molecule has 0 fully saturated rings. The Morgan fingerprint density at radius 2 is 1.42 bits per heavy atom. The van der Waals surface area contributed by atoms with Gasteiger partial charge in [-0.3, -0.25) is 9.59 Å². The molecule has 0 N–H and O–H groups in total. The SMILES string of the molecule is CC(=O)c1cccc2ccc3c(C#N)c(C#N)c(C#N)c(C(C)=O)c3c12. The average molecular weight is 337 g/mol. The van der Waals surface area contributed by atoms with Gasteiger partial charge in [0, 0.05) is 27.3 Å². The fourth-order valence-corrected chi connectivity index (χ4v) is 3.34. The number of nitriles is 3. The summed E-state index contributed by atoms with van der Waals surface area (Å²) in [5.41, 5.74) is 0.247. The smallest absolute Gasteiger partial charge is 0.161 e. The molecule has 0 saturated heterocycles. The minimum atomic E-state index is -0.404. The van der Waals surface area contributed by atoms with Gasteiger partial charge in [0.1, 0.15) is 18.2 Å². The number of hydrogen-bond donors (Lipinski definition) is 0. The van der Waals surface area contributed by atoms with Gasteiger partial charge in [-0.05, 0) is 19.2 Å². The van der Waals surface area contributed by atoms with Crippen molar-refractivity contribution in [3.8, 4) is 18.2 Å². The molecule has 0 atom stereocenters. The van der Waals surface area contributed by atoms with Gasteiger partial charge in [-0.1, -0.05) is 30.3 Å². The van der Waals surface area contributed by atoms with E-state index in [2.05, 4.69) is 0 Å². The van der Waals surface area contributed by atoms with E-state index in [4.69, 9.17) is 0 Å². The Kier molecular flexibility index (Phi) is 3.97. The summed E-state index contributed by atoms with van der Waals surface area (Å²) in [7, 11) is 0. The average Bonchev–Trinajstić information content (AvgIpc) is 2.64. The van der Waals surface area contributed by atoms with Gasteiger partial charge in [0.25, 0.3) is 0 Å². The number of carbonyl (C=O) groups is 2. The third-order valence-electron chi connectivity index (χ3n) is 4.38. The highest BCUT2D eigenvalue weighted by molar-refractivity contribution is 6.25. The molecule has 0 bridgehead atoms. The molecule has 0 aliphatic heterocycles. The molecule has 0 radical (unpaired) electrons. The van der Waals surface area contributed by atoms with Crippen LogP contribution in [0.1, 0.15) is 51.3 Å². The molecule has 122 valence electrons. The zero-order chi connectivity index (χ0) is 19.0. The quantitative estimate of drug-likeness (QED) is 0.519. The van der Waals surface area contributed by atoms with Gasteiger partial charge in [-0.25, -0.2) is 0 Å². The van der Waals surface area contributed by atoms with Crippen molar-refractivity contribution in [3.63, 3.8) is 0 Å². The number of nitrogens with zero attached hydrogens (tertiary/aromatic N) is 3. The summed E-state index contributed by atoms with van der Waals surface area (Å²) < 4.78 is 0. The summed E-state index contributed by atoms with van der Waals surface area (Å²) in [4.78, 5) is 24.6. The molecule has 0 heterocycles. The van der Waals surface area contributed by atoms with Crippen LogP contribution in [-0.2, 0) is 0 Å². The summed E-state index contributed by atoms with van der Waals surface area (Å²) in [6, 6.07) is 14.3. The number of fused-ring (bicyclic) bond motifs is 3. The minimum absolute atomic E-state index is 0.0318. The second kappa shape index (κ2) is 6.13. The first kappa shape index (κ1) is 16.8. The van der Waals surface area contributed by atoms with Crippen molar-refractivity contribution < 1.29 is 9.59 Å². The van der Waals surface area contributed by atoms with Crippen molar-refractivity contribution >= 4 is 33.1 Å². The normalized spacial score (nSPS) is 10.1. The summed E-state index contributed by atoms with van der Waals surface area (Å²) in [6.07, 6.45) is 0.